The first kappa shape index (κ1) is 78.3. The smallest absolute Gasteiger partial charge is 0.426 e. The molecule has 2 aromatic rings. The predicted octanol–water partition coefficient (Wildman–Crippen LogP) is 1.88. The van der Waals surface area contributed by atoms with E-state index in [0.717, 1.165) is 58.7 Å². The van der Waals surface area contributed by atoms with Gasteiger partial charge in [-0.25, -0.2) is 20.0 Å². The fourth-order valence-electron chi connectivity index (χ4n) is 9.55. The van der Waals surface area contributed by atoms with Crippen molar-refractivity contribution >= 4 is 86.4 Å². The molecule has 0 spiro atoms. The number of thiazole rings is 1. The van der Waals surface area contributed by atoms with Crippen molar-refractivity contribution in [3.05, 3.63) is 45.9 Å². The highest BCUT2D eigenvalue weighted by molar-refractivity contribution is 8.76. The molecule has 13 atom stereocenters. The number of esters is 1. The van der Waals surface area contributed by atoms with Gasteiger partial charge in [-0.3, -0.25) is 43.9 Å². The Hall–Kier alpha value is -5.90. The fraction of sp³-hybridized carbons (Fsp3) is 0.695. The molecule has 28 nitrogen and oxygen atoms in total. The molecule has 0 bridgehead atoms. The van der Waals surface area contributed by atoms with Crippen molar-refractivity contribution in [1.82, 2.24) is 46.9 Å². The molecule has 0 saturated carbocycles. The van der Waals surface area contributed by atoms with E-state index in [9.17, 15) is 78.9 Å². The van der Waals surface area contributed by atoms with E-state index >= 15 is 0 Å². The third kappa shape index (κ3) is 27.1. The zero-order valence-electron chi connectivity index (χ0n) is 52.5. The summed E-state index contributed by atoms with van der Waals surface area (Å²) in [6.07, 6.45) is -4.85. The van der Waals surface area contributed by atoms with Gasteiger partial charge in [-0.05, 0) is 81.6 Å². The highest BCUT2D eigenvalue weighted by Gasteiger charge is 2.39. The van der Waals surface area contributed by atoms with Gasteiger partial charge in [0, 0.05) is 66.6 Å². The van der Waals surface area contributed by atoms with E-state index in [2.05, 4.69) is 37.1 Å². The van der Waals surface area contributed by atoms with Crippen LogP contribution >= 0.6 is 32.9 Å². The Balaban J connectivity index is 1.58. The number of phenolic OH excluding ortho intramolecular Hbond substituents is 1. The number of aliphatic carboxylic acids is 1. The standard InChI is InChI=1S/C59H95N9O19S3/c1-9-14-48(75)87-32-68(57(82)49(34(5)10-2)64-55(81)42-15-12-11-13-22-67(42)8)43(33(3)4)27-44(71)56-63-40(30-88-56)54(80)61-38(26-37-17-19-39(70)20-18-37)25-36(7)53(79)65-66-59(85)86-23-24-89-90-31-41(58(83)84)62-52(78)35(6)16-21-47(74)60-28-45(72)50(76)51(77)46(73)29-69/h17-20,30,33-36,38,41-46,49-51,69-73,76-77H,9-16,21-29,31-32H2,1-8H3,(H,60,74)(H,61,80)(H,62,78)(H,64,81)(H,65,79)(H,66,85)(H,83,84)/t34-,35-,36-,38+,41+,42+,43+,44+,45-,46+,49?,50+,51+/m0/s1. The molecule has 1 fully saturated rings. The SMILES string of the molecule is CCCC(=O)OCN(C(=O)C(NC(=O)[C@H]1CCCCCN1C)[C@@H](C)CC)[C@H](C[C@@H](O)c1nc(C(=O)N[C@@H](Cc2ccc(O)cc2)C[C@H](C)C(=O)NNC(=O)OCCSSC[C@@H](NC(=O)[C@@H](C)CCC(=O)NC[C@H](O)[C@@H](O)[C@H](O)[C@H](O)CO)C(=O)O)cs1)C(C)C. The number of hydrogen-bond acceptors (Lipinski definition) is 23. The number of aromatic hydroxyl groups is 1. The van der Waals surface area contributed by atoms with Crippen molar-refractivity contribution < 1.29 is 93.5 Å². The molecule has 1 aromatic heterocycles. The number of phenols is 1. The highest BCUT2D eigenvalue weighted by atomic mass is 33.1. The monoisotopic (exact) mass is 1330 g/mol. The van der Waals surface area contributed by atoms with Crippen molar-refractivity contribution in [3.63, 3.8) is 0 Å². The first-order valence-electron chi connectivity index (χ1n) is 30.4. The fourth-order valence-corrected chi connectivity index (χ4v) is 12.3. The van der Waals surface area contributed by atoms with Gasteiger partial charge in [-0.15, -0.1) is 11.3 Å². The molecule has 2 heterocycles. The van der Waals surface area contributed by atoms with Crippen LogP contribution in [-0.2, 0) is 49.5 Å². The molecule has 1 aliphatic heterocycles. The predicted molar refractivity (Wildman–Crippen MR) is 336 cm³/mol. The number of hydrogen-bond donors (Lipinski definition) is 14. The van der Waals surface area contributed by atoms with Crippen LogP contribution in [0, 0.1) is 23.7 Å². The molecular weight excluding hydrogens is 1230 g/mol. The van der Waals surface area contributed by atoms with Crippen LogP contribution in [0.15, 0.2) is 29.6 Å². The number of carbonyl (C=O) groups excluding carboxylic acids is 8. The van der Waals surface area contributed by atoms with Crippen LogP contribution in [0.5, 0.6) is 5.75 Å². The first-order chi connectivity index (χ1) is 42.6. The van der Waals surface area contributed by atoms with Crippen molar-refractivity contribution in [2.24, 2.45) is 23.7 Å². The van der Waals surface area contributed by atoms with Gasteiger partial charge in [0.15, 0.2) is 6.73 Å². The maximum Gasteiger partial charge on any atom is 0.426 e. The van der Waals surface area contributed by atoms with Gasteiger partial charge in [0.05, 0.1) is 18.8 Å². The summed E-state index contributed by atoms with van der Waals surface area (Å²) in [7, 11) is 4.11. The van der Waals surface area contributed by atoms with Crippen LogP contribution in [0.3, 0.4) is 0 Å². The number of carbonyl (C=O) groups is 9. The minimum absolute atomic E-state index is 0.0127. The zero-order valence-corrected chi connectivity index (χ0v) is 55.0. The lowest BCUT2D eigenvalue weighted by molar-refractivity contribution is -0.159. The van der Waals surface area contributed by atoms with Crippen molar-refractivity contribution in [1.29, 1.82) is 0 Å². The number of amides is 7. The summed E-state index contributed by atoms with van der Waals surface area (Å²) in [5, 5.41) is 91.8. The van der Waals surface area contributed by atoms with Crippen LogP contribution in [0.25, 0.3) is 0 Å². The Morgan fingerprint density at radius 1 is 0.822 bits per heavy atom. The van der Waals surface area contributed by atoms with Gasteiger partial charge >= 0.3 is 18.0 Å². The molecule has 14 N–H and O–H groups in total. The zero-order chi connectivity index (χ0) is 67.2. The van der Waals surface area contributed by atoms with Crippen molar-refractivity contribution in [2.75, 3.05) is 51.6 Å². The van der Waals surface area contributed by atoms with Gasteiger partial charge in [0.2, 0.25) is 29.5 Å². The second-order valence-electron chi connectivity index (χ2n) is 23.0. The number of aliphatic hydroxyl groups is 6. The minimum Gasteiger partial charge on any atom is -0.508 e. The quantitative estimate of drug-likeness (QED) is 0.0149. The van der Waals surface area contributed by atoms with Crippen LogP contribution in [0.4, 0.5) is 4.79 Å². The normalized spacial score (nSPS) is 17.6. The summed E-state index contributed by atoms with van der Waals surface area (Å²) < 4.78 is 10.8. The summed E-state index contributed by atoms with van der Waals surface area (Å²) in [4.78, 5) is 126. The van der Waals surface area contributed by atoms with Gasteiger partial charge < -0.3 is 76.5 Å². The van der Waals surface area contributed by atoms with E-state index < -0.39 is 140 Å². The maximum absolute atomic E-state index is 14.8. The number of likely N-dealkylation sites (tertiary alicyclic amines) is 1. The summed E-state index contributed by atoms with van der Waals surface area (Å²) in [6, 6.07) is 2.10. The molecule has 0 aliphatic carbocycles. The van der Waals surface area contributed by atoms with E-state index in [4.69, 9.17) is 14.6 Å². The first-order valence-corrected chi connectivity index (χ1v) is 33.8. The van der Waals surface area contributed by atoms with E-state index in [0.29, 0.717) is 24.8 Å². The summed E-state index contributed by atoms with van der Waals surface area (Å²) >= 11 is 1.02. The number of carboxylic acids is 1. The summed E-state index contributed by atoms with van der Waals surface area (Å²) in [6.45, 7) is 11.2. The lowest BCUT2D eigenvalue weighted by Gasteiger charge is -2.39. The average Bonchev–Trinajstić information content (AvgIpc) is 3.60. The number of ether oxygens (including phenoxy) is 2. The number of hydrazine groups is 1. The molecule has 0 radical (unpaired) electrons. The molecule has 90 heavy (non-hydrogen) atoms. The highest BCUT2D eigenvalue weighted by Crippen LogP contribution is 2.30. The second-order valence-corrected chi connectivity index (χ2v) is 26.5. The van der Waals surface area contributed by atoms with Crippen LogP contribution in [0.1, 0.15) is 146 Å². The Bertz CT molecular complexity index is 2590. The number of nitrogens with zero attached hydrogens (tertiary/aromatic N) is 3. The molecule has 3 rings (SSSR count). The van der Waals surface area contributed by atoms with Crippen molar-refractivity contribution in [3.8, 4) is 5.75 Å². The molecule has 1 unspecified atom stereocenters. The third-order valence-electron chi connectivity index (χ3n) is 15.4. The van der Waals surface area contributed by atoms with E-state index in [-0.39, 0.29) is 90.8 Å². The minimum atomic E-state index is -1.88. The van der Waals surface area contributed by atoms with Crippen LogP contribution in [-0.4, -0.2) is 215 Å². The van der Waals surface area contributed by atoms with Gasteiger partial charge in [0.1, 0.15) is 59.6 Å². The van der Waals surface area contributed by atoms with Gasteiger partial charge in [-0.2, -0.15) is 0 Å². The van der Waals surface area contributed by atoms with Crippen LogP contribution in [0.2, 0.25) is 0 Å². The average molecular weight is 1330 g/mol. The van der Waals surface area contributed by atoms with Gasteiger partial charge in [0.25, 0.3) is 5.91 Å². The molecular formula is C59H95N9O19S3. The van der Waals surface area contributed by atoms with Gasteiger partial charge in [-0.1, -0.05) is 101 Å². The number of nitrogens with one attached hydrogen (secondary N) is 6. The van der Waals surface area contributed by atoms with Crippen molar-refractivity contribution in [2.45, 2.75) is 186 Å². The number of carboxylic acid groups (broad SMARTS) is 1. The molecule has 1 saturated heterocycles. The van der Waals surface area contributed by atoms with E-state index in [1.807, 2.05) is 46.6 Å². The molecule has 508 valence electrons. The maximum atomic E-state index is 14.8. The van der Waals surface area contributed by atoms with E-state index in [1.165, 1.54) is 29.3 Å². The topological polar surface area (TPSA) is 425 Å². The summed E-state index contributed by atoms with van der Waals surface area (Å²) in [5.74, 6) is -7.25. The number of likely N-dealkylation sites (N-methyl/N-ethyl adjacent to an activating group) is 1. The molecule has 1 aliphatic rings. The Morgan fingerprint density at radius 2 is 1.51 bits per heavy atom. The lowest BCUT2D eigenvalue weighted by Crippen LogP contribution is -2.58. The lowest BCUT2D eigenvalue weighted by atomic mass is 9.92. The molecule has 1 aromatic carbocycles. The number of aromatic nitrogens is 1. The largest absolute Gasteiger partial charge is 0.508 e. The number of benzene rings is 1. The molecule has 7 amide bonds. The Morgan fingerprint density at radius 3 is 2.16 bits per heavy atom. The Kier molecular flexibility index (Phi) is 35.6. The number of rotatable bonds is 39. The second kappa shape index (κ2) is 40.8. The molecule has 31 heteroatoms. The number of aliphatic hydroxyl groups excluding tert-OH is 6. The van der Waals surface area contributed by atoms with E-state index in [1.54, 1.807) is 19.1 Å². The van der Waals surface area contributed by atoms with Crippen LogP contribution < -0.4 is 32.1 Å². The Labute approximate surface area is 537 Å². The summed E-state index contributed by atoms with van der Waals surface area (Å²) in [5.41, 5.74) is 5.14. The third-order valence-corrected chi connectivity index (χ3v) is 18.7.